The second kappa shape index (κ2) is 9.44. The minimum absolute atomic E-state index is 0.0660. The molecule has 1 aromatic carbocycles. The molecule has 0 saturated carbocycles. The van der Waals surface area contributed by atoms with E-state index in [1.165, 1.54) is 0 Å². The van der Waals surface area contributed by atoms with Crippen LogP contribution in [0.4, 0.5) is 0 Å². The van der Waals surface area contributed by atoms with E-state index in [-0.39, 0.29) is 11.3 Å². The van der Waals surface area contributed by atoms with Gasteiger partial charge in [0.15, 0.2) is 0 Å². The van der Waals surface area contributed by atoms with Crippen molar-refractivity contribution in [2.75, 3.05) is 39.4 Å². The molecule has 4 rings (SSSR count). The maximum Gasteiger partial charge on any atom is 0.295 e. The number of aromatic nitrogens is 2. The van der Waals surface area contributed by atoms with Crippen LogP contribution in [-0.4, -0.2) is 76.2 Å². The standard InChI is InChI=1S/C23H27ClN4O4/c1-14-18(15(2)26-25-14)21(29)19-20(16-5-3-6-17(24)13-16)28(23(31)22(19)30)8-4-7-27-9-11-32-12-10-27/h3,5-6,13,20,29H,4,7-12H2,1-2H3,(H,25,26)/b21-19+/t20-/m0/s1. The van der Waals surface area contributed by atoms with Gasteiger partial charge in [-0.1, -0.05) is 23.7 Å². The number of halogens is 1. The van der Waals surface area contributed by atoms with Gasteiger partial charge in [0, 0.05) is 36.9 Å². The lowest BCUT2D eigenvalue weighted by atomic mass is 9.94. The van der Waals surface area contributed by atoms with Gasteiger partial charge in [-0.15, -0.1) is 0 Å². The number of morpholine rings is 1. The molecule has 1 atom stereocenters. The number of likely N-dealkylation sites (tertiary alicyclic amines) is 1. The van der Waals surface area contributed by atoms with E-state index < -0.39 is 17.7 Å². The molecule has 0 spiro atoms. The first-order valence-corrected chi connectivity index (χ1v) is 11.1. The van der Waals surface area contributed by atoms with E-state index in [1.807, 2.05) is 6.07 Å². The molecule has 1 amide bonds. The fraction of sp³-hybridized carbons (Fsp3) is 0.435. The monoisotopic (exact) mass is 458 g/mol. The van der Waals surface area contributed by atoms with Crippen LogP contribution in [0.25, 0.3) is 5.76 Å². The number of nitrogens with one attached hydrogen (secondary N) is 1. The molecule has 0 unspecified atom stereocenters. The number of aryl methyl sites for hydroxylation is 2. The zero-order valence-corrected chi connectivity index (χ0v) is 19.0. The van der Waals surface area contributed by atoms with Gasteiger partial charge in [0.1, 0.15) is 5.76 Å². The summed E-state index contributed by atoms with van der Waals surface area (Å²) in [7, 11) is 0. The third kappa shape index (κ3) is 4.30. The highest BCUT2D eigenvalue weighted by molar-refractivity contribution is 6.46. The van der Waals surface area contributed by atoms with Crippen LogP contribution in [0.15, 0.2) is 29.8 Å². The van der Waals surface area contributed by atoms with E-state index in [0.29, 0.717) is 53.7 Å². The van der Waals surface area contributed by atoms with Crippen molar-refractivity contribution in [3.63, 3.8) is 0 Å². The van der Waals surface area contributed by atoms with Crippen LogP contribution in [-0.2, 0) is 14.3 Å². The second-order valence-corrected chi connectivity index (χ2v) is 8.60. The normalized spacial score (nSPS) is 21.5. The Balaban J connectivity index is 1.70. The lowest BCUT2D eigenvalue weighted by Gasteiger charge is -2.29. The number of nitrogens with zero attached hydrogens (tertiary/aromatic N) is 3. The van der Waals surface area contributed by atoms with Crippen LogP contribution < -0.4 is 0 Å². The van der Waals surface area contributed by atoms with E-state index >= 15 is 0 Å². The average molecular weight is 459 g/mol. The number of Topliss-reactive ketones (excluding diaryl/α,β-unsaturated/α-hetero) is 1. The second-order valence-electron chi connectivity index (χ2n) is 8.16. The van der Waals surface area contributed by atoms with E-state index in [4.69, 9.17) is 16.3 Å². The number of benzene rings is 1. The van der Waals surface area contributed by atoms with E-state index in [1.54, 1.807) is 36.9 Å². The summed E-state index contributed by atoms with van der Waals surface area (Å²) in [5, 5.41) is 18.6. The zero-order valence-electron chi connectivity index (χ0n) is 18.2. The van der Waals surface area contributed by atoms with Gasteiger partial charge in [-0.25, -0.2) is 0 Å². The zero-order chi connectivity index (χ0) is 22.8. The Bertz CT molecular complexity index is 1040. The number of aromatic amines is 1. The van der Waals surface area contributed by atoms with Gasteiger partial charge in [-0.05, 0) is 38.0 Å². The minimum atomic E-state index is -0.716. The van der Waals surface area contributed by atoms with Gasteiger partial charge in [-0.2, -0.15) is 5.10 Å². The SMILES string of the molecule is Cc1n[nH]c(C)c1/C(O)=C1\C(=O)C(=O)N(CCCN2CCOCC2)[C@H]1c1cccc(Cl)c1. The van der Waals surface area contributed by atoms with Crippen LogP contribution in [0.1, 0.15) is 35.0 Å². The number of aliphatic hydroxyl groups excluding tert-OH is 1. The molecule has 2 N–H and O–H groups in total. The predicted octanol–water partition coefficient (Wildman–Crippen LogP) is 2.82. The van der Waals surface area contributed by atoms with Crippen LogP contribution in [0.5, 0.6) is 0 Å². The summed E-state index contributed by atoms with van der Waals surface area (Å²) in [6, 6.07) is 6.35. The maximum atomic E-state index is 13.1. The molecule has 2 saturated heterocycles. The highest BCUT2D eigenvalue weighted by Gasteiger charge is 2.46. The first kappa shape index (κ1) is 22.5. The maximum absolute atomic E-state index is 13.1. The van der Waals surface area contributed by atoms with Crippen molar-refractivity contribution in [3.8, 4) is 0 Å². The van der Waals surface area contributed by atoms with Gasteiger partial charge < -0.3 is 14.7 Å². The predicted molar refractivity (Wildman–Crippen MR) is 120 cm³/mol. The molecule has 0 radical (unpaired) electrons. The van der Waals surface area contributed by atoms with Crippen LogP contribution in [0.2, 0.25) is 5.02 Å². The van der Waals surface area contributed by atoms with Crippen molar-refractivity contribution in [2.45, 2.75) is 26.3 Å². The highest BCUT2D eigenvalue weighted by Crippen LogP contribution is 2.40. The number of aliphatic hydroxyl groups is 1. The molecule has 0 bridgehead atoms. The Hall–Kier alpha value is -2.68. The molecule has 32 heavy (non-hydrogen) atoms. The number of carbonyl (C=O) groups is 2. The molecular weight excluding hydrogens is 432 g/mol. The number of ether oxygens (including phenoxy) is 1. The molecule has 2 aromatic rings. The van der Waals surface area contributed by atoms with Crippen LogP contribution >= 0.6 is 11.6 Å². The number of hydrogen-bond acceptors (Lipinski definition) is 6. The third-order valence-corrected chi connectivity index (χ3v) is 6.28. The number of rotatable bonds is 6. The highest BCUT2D eigenvalue weighted by atomic mass is 35.5. The van der Waals surface area contributed by atoms with Crippen molar-refractivity contribution in [1.82, 2.24) is 20.0 Å². The Labute approximate surface area is 191 Å². The Morgan fingerprint density at radius 2 is 2.00 bits per heavy atom. The molecule has 2 fully saturated rings. The summed E-state index contributed by atoms with van der Waals surface area (Å²) in [5.74, 6) is -1.52. The Morgan fingerprint density at radius 1 is 1.25 bits per heavy atom. The van der Waals surface area contributed by atoms with E-state index in [9.17, 15) is 14.7 Å². The van der Waals surface area contributed by atoms with Crippen molar-refractivity contribution < 1.29 is 19.4 Å². The lowest BCUT2D eigenvalue weighted by molar-refractivity contribution is -0.140. The minimum Gasteiger partial charge on any atom is -0.507 e. The fourth-order valence-corrected chi connectivity index (χ4v) is 4.66. The first-order valence-electron chi connectivity index (χ1n) is 10.7. The van der Waals surface area contributed by atoms with Crippen LogP contribution in [0.3, 0.4) is 0 Å². The quantitative estimate of drug-likeness (QED) is 0.392. The van der Waals surface area contributed by atoms with Gasteiger partial charge >= 0.3 is 0 Å². The molecule has 1 aromatic heterocycles. The fourth-order valence-electron chi connectivity index (χ4n) is 4.46. The lowest BCUT2D eigenvalue weighted by Crippen LogP contribution is -2.38. The molecule has 0 aliphatic carbocycles. The smallest absolute Gasteiger partial charge is 0.295 e. The summed E-state index contributed by atoms with van der Waals surface area (Å²) in [6.07, 6.45) is 0.702. The number of H-pyrrole nitrogens is 1. The first-order chi connectivity index (χ1) is 15.4. The largest absolute Gasteiger partial charge is 0.507 e. The average Bonchev–Trinajstić information content (AvgIpc) is 3.24. The van der Waals surface area contributed by atoms with Crippen LogP contribution in [0, 0.1) is 13.8 Å². The third-order valence-electron chi connectivity index (χ3n) is 6.05. The molecule has 2 aliphatic heterocycles. The molecule has 2 aliphatic rings. The van der Waals surface area contributed by atoms with Gasteiger partial charge in [0.05, 0.1) is 36.1 Å². The Morgan fingerprint density at radius 3 is 2.66 bits per heavy atom. The number of carbonyl (C=O) groups excluding carboxylic acids is 2. The summed E-state index contributed by atoms with van der Waals surface area (Å²) in [6.45, 7) is 7.82. The summed E-state index contributed by atoms with van der Waals surface area (Å²) >= 11 is 6.23. The van der Waals surface area contributed by atoms with Crippen molar-refractivity contribution in [1.29, 1.82) is 0 Å². The molecule has 8 nitrogen and oxygen atoms in total. The summed E-state index contributed by atoms with van der Waals surface area (Å²) < 4.78 is 5.39. The summed E-state index contributed by atoms with van der Waals surface area (Å²) in [4.78, 5) is 30.0. The molecular formula is C23H27ClN4O4. The van der Waals surface area contributed by atoms with Crippen molar-refractivity contribution in [2.24, 2.45) is 0 Å². The number of amides is 1. The van der Waals surface area contributed by atoms with Crippen molar-refractivity contribution in [3.05, 3.63) is 57.4 Å². The van der Waals surface area contributed by atoms with E-state index in [0.717, 1.165) is 19.6 Å². The van der Waals surface area contributed by atoms with Gasteiger partial charge in [0.25, 0.3) is 11.7 Å². The molecule has 9 heteroatoms. The number of hydrogen-bond donors (Lipinski definition) is 2. The topological polar surface area (TPSA) is 98.8 Å². The molecule has 3 heterocycles. The van der Waals surface area contributed by atoms with Gasteiger partial charge in [-0.3, -0.25) is 19.6 Å². The Kier molecular flexibility index (Phi) is 6.64. The van der Waals surface area contributed by atoms with Gasteiger partial charge in [0.2, 0.25) is 0 Å². The van der Waals surface area contributed by atoms with E-state index in [2.05, 4.69) is 15.1 Å². The molecule has 170 valence electrons. The summed E-state index contributed by atoms with van der Waals surface area (Å²) in [5.41, 5.74) is 2.38. The number of ketones is 1. The van der Waals surface area contributed by atoms with Crippen molar-refractivity contribution >= 4 is 29.1 Å².